The molecule has 4 rings (SSSR count). The predicted molar refractivity (Wildman–Crippen MR) is 120 cm³/mol. The van der Waals surface area contributed by atoms with Gasteiger partial charge < -0.3 is 9.80 Å². The maximum Gasteiger partial charge on any atom is 0.261 e. The van der Waals surface area contributed by atoms with Crippen molar-refractivity contribution in [2.75, 3.05) is 31.6 Å². The molecule has 0 unspecified atom stereocenters. The van der Waals surface area contributed by atoms with Crippen molar-refractivity contribution in [2.45, 2.75) is 39.2 Å². The molecule has 3 amide bonds. The van der Waals surface area contributed by atoms with Gasteiger partial charge in [0.1, 0.15) is 0 Å². The highest BCUT2D eigenvalue weighted by Crippen LogP contribution is 2.24. The quantitative estimate of drug-likeness (QED) is 0.671. The molecule has 2 aromatic rings. The molecule has 2 aromatic carbocycles. The summed E-state index contributed by atoms with van der Waals surface area (Å²) in [4.78, 5) is 43.0. The second kappa shape index (κ2) is 8.92. The molecule has 2 heterocycles. The largest absolute Gasteiger partial charge is 0.372 e. The van der Waals surface area contributed by atoms with Crippen LogP contribution in [0.15, 0.2) is 42.5 Å². The summed E-state index contributed by atoms with van der Waals surface area (Å²) in [5.41, 5.74) is 4.08. The Labute approximate surface area is 183 Å². The fourth-order valence-corrected chi connectivity index (χ4v) is 4.33. The Hall–Kier alpha value is -3.15. The summed E-state index contributed by atoms with van der Waals surface area (Å²) in [7, 11) is 1.76. The number of anilines is 1. The van der Waals surface area contributed by atoms with E-state index < -0.39 is 0 Å². The van der Waals surface area contributed by atoms with Crippen molar-refractivity contribution in [3.05, 3.63) is 64.7 Å². The van der Waals surface area contributed by atoms with Crippen LogP contribution < -0.4 is 4.90 Å². The van der Waals surface area contributed by atoms with Gasteiger partial charge in [-0.05, 0) is 56.0 Å². The van der Waals surface area contributed by atoms with Crippen LogP contribution in [0.2, 0.25) is 0 Å². The molecule has 0 aliphatic carbocycles. The number of piperidine rings is 1. The number of rotatable bonds is 6. The molecule has 0 radical (unpaired) electrons. The van der Waals surface area contributed by atoms with Crippen molar-refractivity contribution in [2.24, 2.45) is 0 Å². The van der Waals surface area contributed by atoms with Crippen LogP contribution in [0.3, 0.4) is 0 Å². The molecule has 0 aromatic heterocycles. The average Bonchev–Trinajstić information content (AvgIpc) is 3.02. The third-order valence-corrected chi connectivity index (χ3v) is 6.18. The Morgan fingerprint density at radius 3 is 2.32 bits per heavy atom. The van der Waals surface area contributed by atoms with Crippen molar-refractivity contribution in [1.29, 1.82) is 0 Å². The summed E-state index contributed by atoms with van der Waals surface area (Å²) < 4.78 is 0. The molecule has 6 nitrogen and oxygen atoms in total. The molecule has 0 saturated carbocycles. The van der Waals surface area contributed by atoms with Crippen LogP contribution in [0.25, 0.3) is 0 Å². The van der Waals surface area contributed by atoms with Gasteiger partial charge in [0.25, 0.3) is 11.8 Å². The number of fused-ring (bicyclic) bond motifs is 1. The van der Waals surface area contributed by atoms with Gasteiger partial charge in [-0.3, -0.25) is 19.3 Å². The molecule has 0 bridgehead atoms. The van der Waals surface area contributed by atoms with Gasteiger partial charge >= 0.3 is 0 Å². The maximum atomic E-state index is 12.6. The number of hydrogen-bond donors (Lipinski definition) is 0. The summed E-state index contributed by atoms with van der Waals surface area (Å²) in [5, 5.41) is 0. The topological polar surface area (TPSA) is 60.9 Å². The second-order valence-corrected chi connectivity index (χ2v) is 8.52. The van der Waals surface area contributed by atoms with Crippen molar-refractivity contribution in [1.82, 2.24) is 9.80 Å². The van der Waals surface area contributed by atoms with E-state index >= 15 is 0 Å². The van der Waals surface area contributed by atoms with Gasteiger partial charge in [0.15, 0.2) is 0 Å². The molecule has 6 heteroatoms. The minimum Gasteiger partial charge on any atom is -0.372 e. The molecule has 1 fully saturated rings. The van der Waals surface area contributed by atoms with Gasteiger partial charge in [-0.15, -0.1) is 0 Å². The Bertz CT molecular complexity index is 994. The van der Waals surface area contributed by atoms with E-state index in [0.29, 0.717) is 17.7 Å². The van der Waals surface area contributed by atoms with Gasteiger partial charge in [-0.2, -0.15) is 0 Å². The standard InChI is InChI=1S/C25H29N3O3/c1-18-6-11-21-22(16-18)25(31)28(24(21)30)15-12-23(29)26(2)17-19-7-9-20(10-8-19)27-13-4-3-5-14-27/h6-11,16H,3-5,12-15,17H2,1-2H3. The normalized spacial score (nSPS) is 15.9. The minimum absolute atomic E-state index is 0.0900. The molecule has 0 atom stereocenters. The lowest BCUT2D eigenvalue weighted by molar-refractivity contribution is -0.130. The fraction of sp³-hybridized carbons (Fsp3) is 0.400. The summed E-state index contributed by atoms with van der Waals surface area (Å²) in [6.07, 6.45) is 3.91. The van der Waals surface area contributed by atoms with Gasteiger partial charge in [0, 0.05) is 45.3 Å². The lowest BCUT2D eigenvalue weighted by atomic mass is 10.1. The summed E-state index contributed by atoms with van der Waals surface area (Å²) in [6.45, 7) is 4.70. The van der Waals surface area contributed by atoms with E-state index in [1.54, 1.807) is 24.1 Å². The highest BCUT2D eigenvalue weighted by molar-refractivity contribution is 6.21. The molecular weight excluding hydrogens is 390 g/mol. The first kappa shape index (κ1) is 21.1. The number of nitrogens with zero attached hydrogens (tertiary/aromatic N) is 3. The lowest BCUT2D eigenvalue weighted by Gasteiger charge is -2.29. The van der Waals surface area contributed by atoms with Crippen LogP contribution in [-0.4, -0.2) is 54.2 Å². The van der Waals surface area contributed by atoms with E-state index in [1.165, 1.54) is 29.8 Å². The van der Waals surface area contributed by atoms with Crippen molar-refractivity contribution in [3.8, 4) is 0 Å². The Kier molecular flexibility index (Phi) is 6.07. The van der Waals surface area contributed by atoms with Crippen LogP contribution in [0.5, 0.6) is 0 Å². The third kappa shape index (κ3) is 4.48. The summed E-state index contributed by atoms with van der Waals surface area (Å²) in [5.74, 6) is -0.718. The lowest BCUT2D eigenvalue weighted by Crippen LogP contribution is -2.35. The zero-order chi connectivity index (χ0) is 22.0. The van der Waals surface area contributed by atoms with Crippen LogP contribution in [0.4, 0.5) is 5.69 Å². The van der Waals surface area contributed by atoms with E-state index in [9.17, 15) is 14.4 Å². The van der Waals surface area contributed by atoms with Gasteiger partial charge in [0.2, 0.25) is 5.91 Å². The molecule has 2 aliphatic rings. The third-order valence-electron chi connectivity index (χ3n) is 6.18. The SMILES string of the molecule is Cc1ccc2c(c1)C(=O)N(CCC(=O)N(C)Cc1ccc(N3CCCCC3)cc1)C2=O. The molecule has 31 heavy (non-hydrogen) atoms. The van der Waals surface area contributed by atoms with Crippen LogP contribution in [-0.2, 0) is 11.3 Å². The number of hydrogen-bond acceptors (Lipinski definition) is 4. The first-order valence-corrected chi connectivity index (χ1v) is 11.0. The van der Waals surface area contributed by atoms with E-state index in [4.69, 9.17) is 0 Å². The Morgan fingerprint density at radius 1 is 0.935 bits per heavy atom. The first-order valence-electron chi connectivity index (χ1n) is 11.0. The molecule has 0 N–H and O–H groups in total. The average molecular weight is 420 g/mol. The number of amides is 3. The number of aryl methyl sites for hydroxylation is 1. The number of carbonyl (C=O) groups excluding carboxylic acids is 3. The van der Waals surface area contributed by atoms with E-state index in [2.05, 4.69) is 29.2 Å². The highest BCUT2D eigenvalue weighted by atomic mass is 16.2. The number of carbonyl (C=O) groups is 3. The monoisotopic (exact) mass is 419 g/mol. The maximum absolute atomic E-state index is 12.6. The Balaban J connectivity index is 1.31. The molecular formula is C25H29N3O3. The summed E-state index contributed by atoms with van der Waals surface area (Å²) >= 11 is 0. The number of imide groups is 1. The highest BCUT2D eigenvalue weighted by Gasteiger charge is 2.35. The van der Waals surface area contributed by atoms with E-state index in [0.717, 1.165) is 24.2 Å². The smallest absolute Gasteiger partial charge is 0.261 e. The van der Waals surface area contributed by atoms with Crippen molar-refractivity contribution in [3.63, 3.8) is 0 Å². The van der Waals surface area contributed by atoms with E-state index in [1.807, 2.05) is 13.0 Å². The summed E-state index contributed by atoms with van der Waals surface area (Å²) in [6, 6.07) is 13.6. The Morgan fingerprint density at radius 2 is 1.61 bits per heavy atom. The van der Waals surface area contributed by atoms with Crippen LogP contribution >= 0.6 is 0 Å². The molecule has 2 aliphatic heterocycles. The molecule has 162 valence electrons. The first-order chi connectivity index (χ1) is 14.9. The molecule has 0 spiro atoms. The fourth-order valence-electron chi connectivity index (χ4n) is 4.33. The van der Waals surface area contributed by atoms with Gasteiger partial charge in [-0.1, -0.05) is 23.8 Å². The predicted octanol–water partition coefficient (Wildman–Crippen LogP) is 3.63. The van der Waals surface area contributed by atoms with E-state index in [-0.39, 0.29) is 30.7 Å². The van der Waals surface area contributed by atoms with Crippen LogP contribution in [0, 0.1) is 6.92 Å². The van der Waals surface area contributed by atoms with Crippen molar-refractivity contribution >= 4 is 23.4 Å². The van der Waals surface area contributed by atoms with Crippen LogP contribution in [0.1, 0.15) is 57.5 Å². The van der Waals surface area contributed by atoms with Crippen molar-refractivity contribution < 1.29 is 14.4 Å². The molecule has 1 saturated heterocycles. The van der Waals surface area contributed by atoms with Gasteiger partial charge in [0.05, 0.1) is 11.1 Å². The van der Waals surface area contributed by atoms with Gasteiger partial charge in [-0.25, -0.2) is 0 Å². The zero-order valence-corrected chi connectivity index (χ0v) is 18.3. The second-order valence-electron chi connectivity index (χ2n) is 8.52. The minimum atomic E-state index is -0.316. The number of benzene rings is 2. The zero-order valence-electron chi connectivity index (χ0n) is 18.3.